The van der Waals surface area contributed by atoms with Crippen LogP contribution in [-0.2, 0) is 21.7 Å². The van der Waals surface area contributed by atoms with E-state index in [4.69, 9.17) is 27.9 Å². The Balaban J connectivity index is 2.15. The molecule has 1 aliphatic heterocycles. The third-order valence-electron chi connectivity index (χ3n) is 4.39. The first-order valence-electron chi connectivity index (χ1n) is 7.93. The lowest BCUT2D eigenvalue weighted by Crippen LogP contribution is -2.41. The summed E-state index contributed by atoms with van der Waals surface area (Å²) in [6.45, 7) is 1.43. The molecular formula is C19H17Cl2NO4. The number of hydrogen-bond donors (Lipinski definition) is 1. The number of ether oxygens (including phenoxy) is 1. The van der Waals surface area contributed by atoms with Gasteiger partial charge in [0.15, 0.2) is 5.60 Å². The van der Waals surface area contributed by atoms with Crippen molar-refractivity contribution in [1.29, 1.82) is 0 Å². The van der Waals surface area contributed by atoms with Crippen molar-refractivity contribution in [2.45, 2.75) is 25.5 Å². The second kappa shape index (κ2) is 6.91. The highest BCUT2D eigenvalue weighted by atomic mass is 35.5. The summed E-state index contributed by atoms with van der Waals surface area (Å²) in [5.41, 5.74) is -0.816. The van der Waals surface area contributed by atoms with E-state index in [0.29, 0.717) is 11.4 Å². The van der Waals surface area contributed by atoms with Crippen molar-refractivity contribution < 1.29 is 19.4 Å². The number of para-hydroxylation sites is 1. The van der Waals surface area contributed by atoms with Crippen LogP contribution in [0.15, 0.2) is 36.4 Å². The van der Waals surface area contributed by atoms with Crippen LogP contribution in [0.5, 0.6) is 5.75 Å². The molecule has 0 radical (unpaired) electrons. The molecule has 2 aromatic rings. The molecule has 0 bridgehead atoms. The number of ketones is 1. The monoisotopic (exact) mass is 393 g/mol. The molecule has 0 aromatic heterocycles. The molecule has 1 amide bonds. The number of halogens is 2. The lowest BCUT2D eigenvalue weighted by Gasteiger charge is -2.23. The van der Waals surface area contributed by atoms with E-state index in [9.17, 15) is 14.7 Å². The molecule has 7 heteroatoms. The maximum atomic E-state index is 13.1. The molecule has 1 heterocycles. The average Bonchev–Trinajstić information content (AvgIpc) is 2.81. The van der Waals surface area contributed by atoms with E-state index in [2.05, 4.69) is 0 Å². The fourth-order valence-corrected chi connectivity index (χ4v) is 3.88. The predicted octanol–water partition coefficient (Wildman–Crippen LogP) is 3.72. The number of amides is 1. The van der Waals surface area contributed by atoms with Gasteiger partial charge in [0.25, 0.3) is 5.91 Å². The zero-order valence-electron chi connectivity index (χ0n) is 14.3. The zero-order chi connectivity index (χ0) is 19.1. The largest absolute Gasteiger partial charge is 0.496 e. The molecule has 3 rings (SSSR count). The standard InChI is InChI=1S/C19H17Cl2NO4/c1-11(23)9-19(25)16-13(20)7-8-14(21)17(16)22(18(19)24)10-12-5-3-4-6-15(12)26-2/h3-8,25H,9-10H2,1-2H3. The van der Waals surface area contributed by atoms with Gasteiger partial charge in [-0.25, -0.2) is 0 Å². The summed E-state index contributed by atoms with van der Waals surface area (Å²) >= 11 is 12.6. The molecule has 0 spiro atoms. The molecule has 0 fully saturated rings. The van der Waals surface area contributed by atoms with Gasteiger partial charge in [-0.3, -0.25) is 9.59 Å². The van der Waals surface area contributed by atoms with Crippen LogP contribution < -0.4 is 9.64 Å². The number of rotatable bonds is 5. The van der Waals surface area contributed by atoms with Crippen LogP contribution in [0.1, 0.15) is 24.5 Å². The van der Waals surface area contributed by atoms with E-state index in [1.54, 1.807) is 12.1 Å². The van der Waals surface area contributed by atoms with Crippen LogP contribution in [0.4, 0.5) is 5.69 Å². The van der Waals surface area contributed by atoms with Crippen molar-refractivity contribution in [2.75, 3.05) is 12.0 Å². The van der Waals surface area contributed by atoms with Crippen LogP contribution in [0, 0.1) is 0 Å². The molecule has 0 aliphatic carbocycles. The van der Waals surface area contributed by atoms with Crippen LogP contribution in [-0.4, -0.2) is 23.9 Å². The zero-order valence-corrected chi connectivity index (χ0v) is 15.8. The minimum absolute atomic E-state index is 0.121. The Labute approximate surface area is 161 Å². The SMILES string of the molecule is COc1ccccc1CN1C(=O)C(O)(CC(C)=O)c2c(Cl)ccc(Cl)c21. The number of methoxy groups -OCH3 is 1. The molecule has 1 atom stereocenters. The number of aliphatic hydroxyl groups is 1. The van der Waals surface area contributed by atoms with E-state index in [1.807, 2.05) is 18.2 Å². The summed E-state index contributed by atoms with van der Waals surface area (Å²) in [4.78, 5) is 26.1. The molecule has 0 saturated heterocycles. The molecule has 1 N–H and O–H groups in total. The van der Waals surface area contributed by atoms with Crippen molar-refractivity contribution in [2.24, 2.45) is 0 Å². The smallest absolute Gasteiger partial charge is 0.264 e. The van der Waals surface area contributed by atoms with Crippen LogP contribution in [0.25, 0.3) is 0 Å². The second-order valence-electron chi connectivity index (χ2n) is 6.20. The van der Waals surface area contributed by atoms with Gasteiger partial charge in [0.2, 0.25) is 0 Å². The van der Waals surface area contributed by atoms with Gasteiger partial charge in [-0.15, -0.1) is 0 Å². The van der Waals surface area contributed by atoms with Gasteiger partial charge < -0.3 is 14.7 Å². The number of Topliss-reactive ketones (excluding diaryl/α,β-unsaturated/α-hetero) is 1. The van der Waals surface area contributed by atoms with Gasteiger partial charge in [-0.05, 0) is 25.1 Å². The second-order valence-corrected chi connectivity index (χ2v) is 7.01. The van der Waals surface area contributed by atoms with Crippen molar-refractivity contribution in [3.63, 3.8) is 0 Å². The molecular weight excluding hydrogens is 377 g/mol. The van der Waals surface area contributed by atoms with Gasteiger partial charge in [0.1, 0.15) is 11.5 Å². The van der Waals surface area contributed by atoms with E-state index in [-0.39, 0.29) is 34.4 Å². The van der Waals surface area contributed by atoms with Crippen molar-refractivity contribution in [3.05, 3.63) is 57.6 Å². The van der Waals surface area contributed by atoms with E-state index < -0.39 is 11.5 Å². The lowest BCUT2D eigenvalue weighted by molar-refractivity contribution is -0.141. The van der Waals surface area contributed by atoms with Gasteiger partial charge in [-0.1, -0.05) is 41.4 Å². The molecule has 1 unspecified atom stereocenters. The first-order valence-corrected chi connectivity index (χ1v) is 8.69. The topological polar surface area (TPSA) is 66.8 Å². The summed E-state index contributed by atoms with van der Waals surface area (Å²) in [5.74, 6) is -0.368. The molecule has 5 nitrogen and oxygen atoms in total. The highest BCUT2D eigenvalue weighted by molar-refractivity contribution is 6.38. The summed E-state index contributed by atoms with van der Waals surface area (Å²) in [6, 6.07) is 10.3. The number of carbonyl (C=O) groups is 2. The number of nitrogens with zero attached hydrogens (tertiary/aromatic N) is 1. The van der Waals surface area contributed by atoms with E-state index in [1.165, 1.54) is 25.0 Å². The Bertz CT molecular complexity index is 899. The van der Waals surface area contributed by atoms with Crippen molar-refractivity contribution in [1.82, 2.24) is 0 Å². The highest BCUT2D eigenvalue weighted by Crippen LogP contribution is 2.50. The first-order chi connectivity index (χ1) is 12.3. The summed E-state index contributed by atoms with van der Waals surface area (Å²) in [7, 11) is 1.54. The Hall–Kier alpha value is -2.08. The number of hydrogen-bond acceptors (Lipinski definition) is 4. The molecule has 2 aromatic carbocycles. The highest BCUT2D eigenvalue weighted by Gasteiger charge is 2.52. The fourth-order valence-electron chi connectivity index (χ4n) is 3.31. The molecule has 0 saturated carbocycles. The first kappa shape index (κ1) is 18.7. The van der Waals surface area contributed by atoms with Crippen LogP contribution >= 0.6 is 23.2 Å². The summed E-state index contributed by atoms with van der Waals surface area (Å²) in [5, 5.41) is 11.5. The normalized spacial score (nSPS) is 18.8. The van der Waals surface area contributed by atoms with E-state index in [0.717, 1.165) is 5.56 Å². The van der Waals surface area contributed by atoms with Gasteiger partial charge in [0.05, 0.1) is 24.4 Å². The summed E-state index contributed by atoms with van der Waals surface area (Å²) in [6.07, 6.45) is -0.374. The minimum atomic E-state index is -2.04. The molecule has 136 valence electrons. The Kier molecular flexibility index (Phi) is 4.97. The third kappa shape index (κ3) is 2.96. The number of carbonyl (C=O) groups excluding carboxylic acids is 2. The van der Waals surface area contributed by atoms with Gasteiger partial charge >= 0.3 is 0 Å². The van der Waals surface area contributed by atoms with Crippen LogP contribution in [0.3, 0.4) is 0 Å². The number of anilines is 1. The quantitative estimate of drug-likeness (QED) is 0.840. The Morgan fingerprint density at radius 1 is 1.19 bits per heavy atom. The summed E-state index contributed by atoms with van der Waals surface area (Å²) < 4.78 is 5.34. The third-order valence-corrected chi connectivity index (χ3v) is 5.01. The average molecular weight is 394 g/mol. The minimum Gasteiger partial charge on any atom is -0.496 e. The Morgan fingerprint density at radius 3 is 2.50 bits per heavy atom. The van der Waals surface area contributed by atoms with Gasteiger partial charge in [-0.2, -0.15) is 0 Å². The maximum Gasteiger partial charge on any atom is 0.264 e. The lowest BCUT2D eigenvalue weighted by atomic mass is 9.90. The van der Waals surface area contributed by atoms with Crippen molar-refractivity contribution in [3.8, 4) is 5.75 Å². The fraction of sp³-hybridized carbons (Fsp3) is 0.263. The Morgan fingerprint density at radius 2 is 1.85 bits per heavy atom. The maximum absolute atomic E-state index is 13.1. The van der Waals surface area contributed by atoms with Crippen LogP contribution in [0.2, 0.25) is 10.0 Å². The predicted molar refractivity (Wildman–Crippen MR) is 99.8 cm³/mol. The number of fused-ring (bicyclic) bond motifs is 1. The van der Waals surface area contributed by atoms with E-state index >= 15 is 0 Å². The molecule has 1 aliphatic rings. The van der Waals surface area contributed by atoms with Gasteiger partial charge in [0, 0.05) is 22.6 Å². The van der Waals surface area contributed by atoms with Crippen molar-refractivity contribution >= 4 is 40.6 Å². The number of benzene rings is 2. The molecule has 26 heavy (non-hydrogen) atoms.